The Morgan fingerprint density at radius 3 is 1.97 bits per heavy atom. The summed E-state index contributed by atoms with van der Waals surface area (Å²) in [7, 11) is 2.08. The second kappa shape index (κ2) is 9.80. The Bertz CT molecular complexity index is 1390. The molecule has 0 aliphatic heterocycles. The van der Waals surface area contributed by atoms with E-state index >= 15 is 0 Å². The summed E-state index contributed by atoms with van der Waals surface area (Å²) < 4.78 is 8.13. The zero-order valence-corrected chi connectivity index (χ0v) is 19.2. The van der Waals surface area contributed by atoms with Gasteiger partial charge in [0.2, 0.25) is 0 Å². The van der Waals surface area contributed by atoms with Gasteiger partial charge in [0.25, 0.3) is 0 Å². The molecule has 1 aromatic heterocycles. The van der Waals surface area contributed by atoms with E-state index < -0.39 is 5.92 Å². The van der Waals surface area contributed by atoms with Gasteiger partial charge in [0.1, 0.15) is 12.5 Å². The highest BCUT2D eigenvalue weighted by atomic mass is 16.5. The Morgan fingerprint density at radius 1 is 0.735 bits per heavy atom. The molecule has 0 aliphatic rings. The third-order valence-corrected chi connectivity index (χ3v) is 6.37. The first-order valence-electron chi connectivity index (χ1n) is 11.6. The Kier molecular flexibility index (Phi) is 6.26. The molecule has 0 spiro atoms. The first kappa shape index (κ1) is 21.7. The fourth-order valence-electron chi connectivity index (χ4n) is 4.68. The maximum absolute atomic E-state index is 13.7. The van der Waals surface area contributed by atoms with Gasteiger partial charge in [0.05, 0.1) is 0 Å². The topological polar surface area (TPSA) is 31.2 Å². The van der Waals surface area contributed by atoms with Crippen LogP contribution >= 0.6 is 0 Å². The lowest BCUT2D eigenvalue weighted by Crippen LogP contribution is -2.19. The lowest BCUT2D eigenvalue weighted by atomic mass is 9.87. The van der Waals surface area contributed by atoms with Crippen LogP contribution in [0.5, 0.6) is 0 Å². The van der Waals surface area contributed by atoms with Crippen LogP contribution in [0.25, 0.3) is 10.9 Å². The summed E-state index contributed by atoms with van der Waals surface area (Å²) in [5, 5.41) is 1.08. The summed E-state index contributed by atoms with van der Waals surface area (Å²) in [4.78, 5) is 13.7. The summed E-state index contributed by atoms with van der Waals surface area (Å²) in [6, 6.07) is 38.5. The molecule has 0 fully saturated rings. The lowest BCUT2D eigenvalue weighted by Gasteiger charge is -2.19. The summed E-state index contributed by atoms with van der Waals surface area (Å²) >= 11 is 0. The van der Waals surface area contributed by atoms with Crippen LogP contribution in [-0.4, -0.2) is 10.5 Å². The number of carbonyl (C=O) groups is 1. The van der Waals surface area contributed by atoms with Gasteiger partial charge >= 0.3 is 5.97 Å². The number of aromatic nitrogens is 1. The van der Waals surface area contributed by atoms with Gasteiger partial charge in [0.15, 0.2) is 0 Å². The average Bonchev–Trinajstić information content (AvgIpc) is 3.16. The van der Waals surface area contributed by atoms with Crippen molar-refractivity contribution in [1.29, 1.82) is 0 Å². The van der Waals surface area contributed by atoms with E-state index in [9.17, 15) is 4.79 Å². The molecule has 0 amide bonds. The number of benzene rings is 4. The van der Waals surface area contributed by atoms with Crippen molar-refractivity contribution >= 4 is 16.9 Å². The smallest absolute Gasteiger partial charge is 0.318 e. The van der Waals surface area contributed by atoms with Gasteiger partial charge in [-0.15, -0.1) is 0 Å². The van der Waals surface area contributed by atoms with Crippen LogP contribution in [0.15, 0.2) is 115 Å². The van der Waals surface area contributed by atoms with Gasteiger partial charge in [-0.2, -0.15) is 0 Å². The van der Waals surface area contributed by atoms with Gasteiger partial charge < -0.3 is 9.30 Å². The van der Waals surface area contributed by atoms with Crippen LogP contribution in [-0.2, 0) is 29.6 Å². The van der Waals surface area contributed by atoms with Crippen molar-refractivity contribution < 1.29 is 9.53 Å². The molecule has 5 aromatic rings. The minimum Gasteiger partial charge on any atom is -0.460 e. The molecule has 1 atom stereocenters. The van der Waals surface area contributed by atoms with Crippen molar-refractivity contribution in [2.24, 2.45) is 7.05 Å². The normalized spacial score (nSPS) is 11.9. The SMILES string of the molecule is Cn1c(Cc2ccccc2)c([C@H](C(=O)OCc2ccccc2)c2ccccc2)c2ccccc21. The van der Waals surface area contributed by atoms with E-state index in [1.54, 1.807) is 0 Å². The molecule has 0 saturated heterocycles. The van der Waals surface area contributed by atoms with Gasteiger partial charge in [-0.25, -0.2) is 0 Å². The monoisotopic (exact) mass is 445 g/mol. The van der Waals surface area contributed by atoms with Crippen molar-refractivity contribution in [1.82, 2.24) is 4.57 Å². The molecule has 168 valence electrons. The maximum Gasteiger partial charge on any atom is 0.318 e. The largest absolute Gasteiger partial charge is 0.460 e. The zero-order chi connectivity index (χ0) is 23.3. The van der Waals surface area contributed by atoms with E-state index in [-0.39, 0.29) is 12.6 Å². The van der Waals surface area contributed by atoms with E-state index in [2.05, 4.69) is 48.0 Å². The highest BCUT2D eigenvalue weighted by Gasteiger charge is 2.31. The van der Waals surface area contributed by atoms with Crippen LogP contribution in [0.4, 0.5) is 0 Å². The predicted molar refractivity (Wildman–Crippen MR) is 137 cm³/mol. The van der Waals surface area contributed by atoms with E-state index in [1.165, 1.54) is 5.56 Å². The quantitative estimate of drug-likeness (QED) is 0.263. The fraction of sp³-hybridized carbons (Fsp3) is 0.129. The standard InChI is InChI=1S/C31H27NO2/c1-32-27-20-12-11-19-26(27)30(28(32)21-23-13-5-2-6-14-23)29(25-17-9-4-10-18-25)31(33)34-22-24-15-7-3-8-16-24/h2-20,29H,21-22H2,1H3/t29-/m1/s1. The van der Waals surface area contributed by atoms with Gasteiger partial charge in [-0.3, -0.25) is 4.79 Å². The molecule has 0 N–H and O–H groups in total. The number of aryl methyl sites for hydroxylation is 1. The molecule has 34 heavy (non-hydrogen) atoms. The molecule has 5 rings (SSSR count). The number of ether oxygens (including phenoxy) is 1. The minimum atomic E-state index is -0.519. The molecule has 0 aliphatic carbocycles. The van der Waals surface area contributed by atoms with Crippen molar-refractivity contribution in [3.8, 4) is 0 Å². The van der Waals surface area contributed by atoms with Crippen molar-refractivity contribution in [2.45, 2.75) is 18.9 Å². The van der Waals surface area contributed by atoms with E-state index in [0.717, 1.165) is 39.7 Å². The Hall–Kier alpha value is -4.11. The summed E-state index contributed by atoms with van der Waals surface area (Å²) in [5.74, 6) is -0.754. The molecule has 4 aromatic carbocycles. The highest BCUT2D eigenvalue weighted by Crippen LogP contribution is 2.37. The van der Waals surface area contributed by atoms with Gasteiger partial charge in [0, 0.05) is 30.1 Å². The number of hydrogen-bond donors (Lipinski definition) is 0. The number of nitrogens with zero attached hydrogens (tertiary/aromatic N) is 1. The van der Waals surface area contributed by atoms with E-state index in [0.29, 0.717) is 0 Å². The summed E-state index contributed by atoms with van der Waals surface area (Å²) in [5.41, 5.74) is 6.37. The number of rotatable bonds is 7. The number of hydrogen-bond acceptors (Lipinski definition) is 2. The summed E-state index contributed by atoms with van der Waals surface area (Å²) in [6.07, 6.45) is 0.733. The molecule has 0 unspecified atom stereocenters. The molecule has 0 saturated carbocycles. The van der Waals surface area contributed by atoms with E-state index in [1.807, 2.05) is 78.9 Å². The number of para-hydroxylation sites is 1. The van der Waals surface area contributed by atoms with Gasteiger partial charge in [-0.05, 0) is 28.3 Å². The third kappa shape index (κ3) is 4.38. The Labute approximate surface area is 200 Å². The van der Waals surface area contributed by atoms with Gasteiger partial charge in [-0.1, -0.05) is 109 Å². The minimum absolute atomic E-state index is 0.235. The molecule has 0 bridgehead atoms. The molecule has 1 heterocycles. The second-order valence-electron chi connectivity index (χ2n) is 8.54. The molecular formula is C31H27NO2. The Balaban J connectivity index is 1.63. The second-order valence-corrected chi connectivity index (χ2v) is 8.54. The van der Waals surface area contributed by atoms with Crippen molar-refractivity contribution in [3.63, 3.8) is 0 Å². The van der Waals surface area contributed by atoms with Crippen molar-refractivity contribution in [3.05, 3.63) is 143 Å². The molecule has 3 heteroatoms. The summed E-state index contributed by atoms with van der Waals surface area (Å²) in [6.45, 7) is 0.252. The number of carbonyl (C=O) groups excluding carboxylic acids is 1. The predicted octanol–water partition coefficient (Wildman–Crippen LogP) is 6.64. The Morgan fingerprint density at radius 2 is 1.29 bits per heavy atom. The van der Waals surface area contributed by atoms with Crippen LogP contribution in [0, 0.1) is 0 Å². The van der Waals surface area contributed by atoms with E-state index in [4.69, 9.17) is 4.74 Å². The van der Waals surface area contributed by atoms with Crippen LogP contribution in [0.1, 0.15) is 33.9 Å². The van der Waals surface area contributed by atoms with Crippen LogP contribution in [0.3, 0.4) is 0 Å². The van der Waals surface area contributed by atoms with Crippen LogP contribution < -0.4 is 0 Å². The zero-order valence-electron chi connectivity index (χ0n) is 19.2. The first-order valence-corrected chi connectivity index (χ1v) is 11.6. The lowest BCUT2D eigenvalue weighted by molar-refractivity contribution is -0.145. The maximum atomic E-state index is 13.7. The first-order chi connectivity index (χ1) is 16.7. The molecule has 0 radical (unpaired) electrons. The molecule has 3 nitrogen and oxygen atoms in total. The van der Waals surface area contributed by atoms with Crippen LogP contribution in [0.2, 0.25) is 0 Å². The fourth-order valence-corrected chi connectivity index (χ4v) is 4.68. The molecular weight excluding hydrogens is 418 g/mol. The number of fused-ring (bicyclic) bond motifs is 1. The van der Waals surface area contributed by atoms with Crippen molar-refractivity contribution in [2.75, 3.05) is 0 Å². The average molecular weight is 446 g/mol. The third-order valence-electron chi connectivity index (χ3n) is 6.37. The number of esters is 1. The highest BCUT2D eigenvalue weighted by molar-refractivity contribution is 5.94.